The number of hydrogen-bond acceptors (Lipinski definition) is 6. The molecule has 0 aliphatic heterocycles. The Morgan fingerprint density at radius 3 is 2.32 bits per heavy atom. The van der Waals surface area contributed by atoms with E-state index >= 15 is 0 Å². The number of aromatic nitrogens is 3. The van der Waals surface area contributed by atoms with Crippen molar-refractivity contribution in [1.82, 2.24) is 15.0 Å². The molecule has 8 heteroatoms. The number of benzene rings is 2. The summed E-state index contributed by atoms with van der Waals surface area (Å²) in [6.45, 7) is 14.4. The van der Waals surface area contributed by atoms with Crippen LogP contribution in [0.1, 0.15) is 81.2 Å². The van der Waals surface area contributed by atoms with Crippen LogP contribution in [0.15, 0.2) is 30.3 Å². The van der Waals surface area contributed by atoms with Gasteiger partial charge in [0, 0.05) is 6.07 Å². The van der Waals surface area contributed by atoms with Crippen LogP contribution < -0.4 is 19.5 Å². The van der Waals surface area contributed by atoms with Crippen molar-refractivity contribution in [3.8, 4) is 22.9 Å². The Hall–Kier alpha value is -3.55. The molecule has 0 fully saturated rings. The minimum atomic E-state index is -0.354. The second-order valence-electron chi connectivity index (χ2n) is 10.3. The highest BCUT2D eigenvalue weighted by molar-refractivity contribution is 6.04. The van der Waals surface area contributed by atoms with Crippen LogP contribution in [0.4, 0.5) is 5.69 Å². The third-order valence-corrected chi connectivity index (χ3v) is 6.49. The average Bonchev–Trinajstić information content (AvgIpc) is 3.24. The third kappa shape index (κ3) is 6.24. The maximum atomic E-state index is 13.5. The highest BCUT2D eigenvalue weighted by atomic mass is 16.5. The Morgan fingerprint density at radius 1 is 1.03 bits per heavy atom. The summed E-state index contributed by atoms with van der Waals surface area (Å²) in [4.78, 5) is 13.5. The first-order valence-corrected chi connectivity index (χ1v) is 12.8. The van der Waals surface area contributed by atoms with Crippen LogP contribution in [-0.2, 0) is 5.41 Å². The highest BCUT2D eigenvalue weighted by Gasteiger charge is 2.23. The fraction of sp³-hybridized carbons (Fsp3) is 0.483. The Kier molecular flexibility index (Phi) is 8.84. The van der Waals surface area contributed by atoms with Gasteiger partial charge in [-0.1, -0.05) is 52.3 Å². The summed E-state index contributed by atoms with van der Waals surface area (Å²) >= 11 is 0. The number of nitrogens with one attached hydrogen (secondary N) is 1. The van der Waals surface area contributed by atoms with Crippen molar-refractivity contribution in [1.29, 1.82) is 0 Å². The number of carbonyl (C=O) groups is 1. The SMILES string of the molecule is CCC[C@H](CC)Oc1ccc(C(C)(C)C)cc1NC(=O)c1nnn(-c2cc(C)c(OC)cc2OC)c1C. The first kappa shape index (κ1) is 28.0. The second kappa shape index (κ2) is 11.7. The maximum absolute atomic E-state index is 13.5. The predicted molar refractivity (Wildman–Crippen MR) is 147 cm³/mol. The van der Waals surface area contributed by atoms with Crippen LogP contribution in [0, 0.1) is 13.8 Å². The van der Waals surface area contributed by atoms with Gasteiger partial charge in [0.2, 0.25) is 0 Å². The zero-order valence-corrected chi connectivity index (χ0v) is 23.6. The van der Waals surface area contributed by atoms with E-state index in [2.05, 4.69) is 56.3 Å². The molecule has 2 aromatic carbocycles. The first-order valence-electron chi connectivity index (χ1n) is 12.8. The highest BCUT2D eigenvalue weighted by Crippen LogP contribution is 2.34. The van der Waals surface area contributed by atoms with E-state index in [4.69, 9.17) is 14.2 Å². The van der Waals surface area contributed by atoms with Gasteiger partial charge in [-0.2, -0.15) is 0 Å². The molecule has 0 aliphatic rings. The van der Waals surface area contributed by atoms with Crippen molar-refractivity contribution in [2.24, 2.45) is 0 Å². The number of anilines is 1. The molecule has 1 N–H and O–H groups in total. The van der Waals surface area contributed by atoms with E-state index in [1.165, 1.54) is 0 Å². The quantitative estimate of drug-likeness (QED) is 0.341. The molecule has 1 amide bonds. The minimum Gasteiger partial charge on any atom is -0.496 e. The van der Waals surface area contributed by atoms with E-state index in [1.807, 2.05) is 32.0 Å². The van der Waals surface area contributed by atoms with E-state index < -0.39 is 0 Å². The molecule has 3 aromatic rings. The van der Waals surface area contributed by atoms with Gasteiger partial charge in [0.25, 0.3) is 5.91 Å². The largest absolute Gasteiger partial charge is 0.496 e. The molecule has 0 saturated heterocycles. The second-order valence-corrected chi connectivity index (χ2v) is 10.3. The summed E-state index contributed by atoms with van der Waals surface area (Å²) < 4.78 is 18.9. The Morgan fingerprint density at radius 2 is 1.73 bits per heavy atom. The standard InChI is InChI=1S/C29H40N4O4/c1-10-12-21(11-2)37-24-14-13-20(29(5,6)7)16-22(24)30-28(34)27-19(4)33(32-31-27)23-15-18(3)25(35-8)17-26(23)36-9/h13-17,21H,10-12H2,1-9H3,(H,30,34)/t21-/m0/s1. The fourth-order valence-corrected chi connectivity index (χ4v) is 4.20. The summed E-state index contributed by atoms with van der Waals surface area (Å²) in [5, 5.41) is 11.5. The Bertz CT molecular complexity index is 1240. The number of carbonyl (C=O) groups excluding carboxylic acids is 1. The van der Waals surface area contributed by atoms with Crippen molar-refractivity contribution in [3.63, 3.8) is 0 Å². The molecule has 1 heterocycles. The monoisotopic (exact) mass is 508 g/mol. The molecule has 0 aliphatic carbocycles. The molecule has 37 heavy (non-hydrogen) atoms. The zero-order chi connectivity index (χ0) is 27.3. The molecule has 0 spiro atoms. The smallest absolute Gasteiger partial charge is 0.278 e. The van der Waals surface area contributed by atoms with E-state index in [9.17, 15) is 4.79 Å². The van der Waals surface area contributed by atoms with Crippen LogP contribution in [-0.4, -0.2) is 41.2 Å². The van der Waals surface area contributed by atoms with Crippen molar-refractivity contribution >= 4 is 11.6 Å². The number of methoxy groups -OCH3 is 2. The molecule has 0 bridgehead atoms. The predicted octanol–water partition coefficient (Wildman–Crippen LogP) is 6.41. The van der Waals surface area contributed by atoms with E-state index in [1.54, 1.807) is 25.0 Å². The molecule has 1 atom stereocenters. The van der Waals surface area contributed by atoms with Gasteiger partial charge in [0.15, 0.2) is 5.69 Å². The molecule has 0 saturated carbocycles. The van der Waals surface area contributed by atoms with E-state index in [0.29, 0.717) is 34.3 Å². The van der Waals surface area contributed by atoms with E-state index in [-0.39, 0.29) is 23.1 Å². The number of aryl methyl sites for hydroxylation is 1. The summed E-state index contributed by atoms with van der Waals surface area (Å²) in [6, 6.07) is 9.69. The van der Waals surface area contributed by atoms with Crippen LogP contribution in [0.5, 0.6) is 17.2 Å². The lowest BCUT2D eigenvalue weighted by molar-refractivity contribution is 0.102. The van der Waals surface area contributed by atoms with Crippen LogP contribution >= 0.6 is 0 Å². The molecule has 0 unspecified atom stereocenters. The van der Waals surface area contributed by atoms with Gasteiger partial charge in [-0.3, -0.25) is 4.79 Å². The number of hydrogen-bond donors (Lipinski definition) is 1. The average molecular weight is 509 g/mol. The van der Waals surface area contributed by atoms with Gasteiger partial charge in [0.1, 0.15) is 22.9 Å². The van der Waals surface area contributed by atoms with Crippen LogP contribution in [0.3, 0.4) is 0 Å². The summed E-state index contributed by atoms with van der Waals surface area (Å²) in [5.74, 6) is 1.57. The van der Waals surface area contributed by atoms with Gasteiger partial charge in [0.05, 0.1) is 31.7 Å². The van der Waals surface area contributed by atoms with Crippen LogP contribution in [0.25, 0.3) is 5.69 Å². The topological polar surface area (TPSA) is 87.5 Å². The minimum absolute atomic E-state index is 0.0783. The van der Waals surface area contributed by atoms with Gasteiger partial charge in [-0.15, -0.1) is 5.10 Å². The molecule has 8 nitrogen and oxygen atoms in total. The third-order valence-electron chi connectivity index (χ3n) is 6.49. The lowest BCUT2D eigenvalue weighted by Crippen LogP contribution is -2.20. The van der Waals surface area contributed by atoms with Crippen molar-refractivity contribution in [3.05, 3.63) is 52.8 Å². The fourth-order valence-electron chi connectivity index (χ4n) is 4.20. The van der Waals surface area contributed by atoms with Gasteiger partial charge in [-0.05, 0) is 61.4 Å². The lowest BCUT2D eigenvalue weighted by Gasteiger charge is -2.24. The molecule has 3 rings (SSSR count). The summed E-state index contributed by atoms with van der Waals surface area (Å²) in [7, 11) is 3.20. The molecular formula is C29H40N4O4. The van der Waals surface area contributed by atoms with Crippen molar-refractivity contribution in [2.45, 2.75) is 79.2 Å². The van der Waals surface area contributed by atoms with Crippen molar-refractivity contribution < 1.29 is 19.0 Å². The van der Waals surface area contributed by atoms with Crippen molar-refractivity contribution in [2.75, 3.05) is 19.5 Å². The number of ether oxygens (including phenoxy) is 3. The zero-order valence-electron chi connectivity index (χ0n) is 23.6. The van der Waals surface area contributed by atoms with E-state index in [0.717, 1.165) is 30.4 Å². The Labute approximate surface area is 220 Å². The molecular weight excluding hydrogens is 468 g/mol. The lowest BCUT2D eigenvalue weighted by atomic mass is 9.87. The Balaban J connectivity index is 1.98. The van der Waals surface area contributed by atoms with Gasteiger partial charge in [-0.25, -0.2) is 4.68 Å². The summed E-state index contributed by atoms with van der Waals surface area (Å²) in [6.07, 6.45) is 2.94. The first-order chi connectivity index (χ1) is 17.5. The van der Waals surface area contributed by atoms with Gasteiger partial charge >= 0.3 is 0 Å². The van der Waals surface area contributed by atoms with Gasteiger partial charge < -0.3 is 19.5 Å². The molecule has 1 aromatic heterocycles. The van der Waals surface area contributed by atoms with Crippen LogP contribution in [0.2, 0.25) is 0 Å². The number of amides is 1. The number of nitrogens with zero attached hydrogens (tertiary/aromatic N) is 3. The number of rotatable bonds is 10. The molecule has 0 radical (unpaired) electrons. The summed E-state index contributed by atoms with van der Waals surface area (Å²) in [5.41, 5.74) is 4.03. The molecule has 200 valence electrons. The maximum Gasteiger partial charge on any atom is 0.278 e. The normalized spacial score (nSPS) is 12.2.